The molecule has 0 bridgehead atoms. The van der Waals surface area contributed by atoms with Gasteiger partial charge in [0.1, 0.15) is 0 Å². The molecule has 100 valence electrons. The van der Waals surface area contributed by atoms with Crippen LogP contribution >= 0.6 is 11.6 Å². The monoisotopic (exact) mass is 276 g/mol. The van der Waals surface area contributed by atoms with E-state index in [0.29, 0.717) is 0 Å². The van der Waals surface area contributed by atoms with Gasteiger partial charge in [-0.2, -0.15) is 0 Å². The van der Waals surface area contributed by atoms with Crippen LogP contribution in [-0.4, -0.2) is 11.0 Å². The van der Waals surface area contributed by atoms with Gasteiger partial charge in [0.05, 0.1) is 0 Å². The molecule has 1 aromatic carbocycles. The van der Waals surface area contributed by atoms with Crippen LogP contribution in [-0.2, 0) is 12.8 Å². The number of hydrogen-bond acceptors (Lipinski definition) is 4. The molecule has 4 nitrogen and oxygen atoms in total. The Morgan fingerprint density at radius 1 is 1.26 bits per heavy atom. The molecule has 5 N–H and O–H groups in total. The van der Waals surface area contributed by atoms with Gasteiger partial charge in [0.15, 0.2) is 0 Å². The van der Waals surface area contributed by atoms with Crippen LogP contribution in [0.1, 0.15) is 11.1 Å². The molecule has 1 atom stereocenters. The van der Waals surface area contributed by atoms with Crippen LogP contribution in [0.15, 0.2) is 42.7 Å². The highest BCUT2D eigenvalue weighted by Gasteiger charge is 2.11. The molecule has 1 heterocycles. The van der Waals surface area contributed by atoms with Gasteiger partial charge in [0, 0.05) is 29.1 Å². The summed E-state index contributed by atoms with van der Waals surface area (Å²) in [6, 6.07) is 9.65. The second-order valence-corrected chi connectivity index (χ2v) is 4.91. The smallest absolute Gasteiger partial charge is 0.0408 e. The van der Waals surface area contributed by atoms with Crippen molar-refractivity contribution >= 4 is 17.3 Å². The lowest BCUT2D eigenvalue weighted by Gasteiger charge is -2.17. The minimum atomic E-state index is 0.0879. The lowest BCUT2D eigenvalue weighted by Crippen LogP contribution is -2.38. The SMILES string of the molecule is NNC(Cc1cccc(Cl)c1)Cc1cnccc1N. The number of nitrogen functional groups attached to an aromatic ring is 1. The van der Waals surface area contributed by atoms with E-state index in [4.69, 9.17) is 23.2 Å². The van der Waals surface area contributed by atoms with Crippen LogP contribution in [0.4, 0.5) is 5.69 Å². The van der Waals surface area contributed by atoms with Gasteiger partial charge in [-0.1, -0.05) is 23.7 Å². The van der Waals surface area contributed by atoms with Crippen molar-refractivity contribution < 1.29 is 0 Å². The predicted octanol–water partition coefficient (Wildman–Crippen LogP) is 1.93. The summed E-state index contributed by atoms with van der Waals surface area (Å²) < 4.78 is 0. The summed E-state index contributed by atoms with van der Waals surface area (Å²) in [5.74, 6) is 5.61. The largest absolute Gasteiger partial charge is 0.398 e. The van der Waals surface area contributed by atoms with Gasteiger partial charge in [0.25, 0.3) is 0 Å². The zero-order chi connectivity index (χ0) is 13.7. The number of anilines is 1. The second-order valence-electron chi connectivity index (χ2n) is 4.48. The van der Waals surface area contributed by atoms with Crippen LogP contribution in [0.2, 0.25) is 5.02 Å². The van der Waals surface area contributed by atoms with Crippen LogP contribution in [0.25, 0.3) is 0 Å². The Balaban J connectivity index is 2.07. The molecule has 5 heteroatoms. The number of hydrogen-bond donors (Lipinski definition) is 3. The topological polar surface area (TPSA) is 77.0 Å². The number of halogens is 1. The zero-order valence-electron chi connectivity index (χ0n) is 10.5. The molecule has 0 fully saturated rings. The number of rotatable bonds is 5. The van der Waals surface area contributed by atoms with Crippen molar-refractivity contribution in [1.29, 1.82) is 0 Å². The van der Waals surface area contributed by atoms with Gasteiger partial charge >= 0.3 is 0 Å². The average molecular weight is 277 g/mol. The molecule has 1 unspecified atom stereocenters. The highest BCUT2D eigenvalue weighted by atomic mass is 35.5. The number of aromatic nitrogens is 1. The molecule has 0 radical (unpaired) electrons. The van der Waals surface area contributed by atoms with E-state index in [0.717, 1.165) is 34.7 Å². The van der Waals surface area contributed by atoms with Gasteiger partial charge in [-0.15, -0.1) is 0 Å². The molecule has 2 aromatic rings. The third-order valence-electron chi connectivity index (χ3n) is 3.01. The maximum Gasteiger partial charge on any atom is 0.0408 e. The first kappa shape index (κ1) is 13.8. The number of nitrogens with one attached hydrogen (secondary N) is 1. The van der Waals surface area contributed by atoms with Gasteiger partial charge in [-0.3, -0.25) is 16.3 Å². The molecular weight excluding hydrogens is 260 g/mol. The fraction of sp³-hybridized carbons (Fsp3) is 0.214. The van der Waals surface area contributed by atoms with E-state index in [9.17, 15) is 0 Å². The maximum absolute atomic E-state index is 5.98. The Morgan fingerprint density at radius 3 is 2.79 bits per heavy atom. The first-order chi connectivity index (χ1) is 9.19. The Bertz CT molecular complexity index is 544. The lowest BCUT2D eigenvalue weighted by atomic mass is 10.00. The predicted molar refractivity (Wildman–Crippen MR) is 78.6 cm³/mol. The first-order valence-electron chi connectivity index (χ1n) is 6.08. The van der Waals surface area contributed by atoms with Crippen molar-refractivity contribution in [2.75, 3.05) is 5.73 Å². The maximum atomic E-state index is 5.98. The summed E-state index contributed by atoms with van der Waals surface area (Å²) in [5.41, 5.74) is 11.6. The molecule has 1 aromatic heterocycles. The summed E-state index contributed by atoms with van der Waals surface area (Å²) in [6.07, 6.45) is 4.96. The van der Waals surface area contributed by atoms with Crippen molar-refractivity contribution in [3.63, 3.8) is 0 Å². The number of hydrazine groups is 1. The summed E-state index contributed by atoms with van der Waals surface area (Å²) in [6.45, 7) is 0. The molecule has 0 amide bonds. The normalized spacial score (nSPS) is 12.3. The van der Waals surface area contributed by atoms with Crippen LogP contribution in [0.5, 0.6) is 0 Å². The summed E-state index contributed by atoms with van der Waals surface area (Å²) in [4.78, 5) is 4.08. The van der Waals surface area contributed by atoms with Gasteiger partial charge in [-0.25, -0.2) is 0 Å². The fourth-order valence-electron chi connectivity index (χ4n) is 2.01. The summed E-state index contributed by atoms with van der Waals surface area (Å²) >= 11 is 5.98. The molecule has 0 saturated heterocycles. The highest BCUT2D eigenvalue weighted by Crippen LogP contribution is 2.16. The zero-order valence-corrected chi connectivity index (χ0v) is 11.3. The van der Waals surface area contributed by atoms with Crippen molar-refractivity contribution in [3.8, 4) is 0 Å². The molecule has 0 aliphatic carbocycles. The Kier molecular flexibility index (Phi) is 4.74. The number of nitrogens with zero attached hydrogens (tertiary/aromatic N) is 1. The molecule has 0 aliphatic heterocycles. The summed E-state index contributed by atoms with van der Waals surface area (Å²) in [7, 11) is 0. The number of benzene rings is 1. The highest BCUT2D eigenvalue weighted by molar-refractivity contribution is 6.30. The number of pyridine rings is 1. The van der Waals surface area contributed by atoms with Crippen LogP contribution in [0.3, 0.4) is 0 Å². The van der Waals surface area contributed by atoms with Crippen LogP contribution < -0.4 is 17.0 Å². The third-order valence-corrected chi connectivity index (χ3v) is 3.25. The van der Waals surface area contributed by atoms with E-state index in [-0.39, 0.29) is 6.04 Å². The first-order valence-corrected chi connectivity index (χ1v) is 6.46. The Hall–Kier alpha value is -1.62. The molecule has 0 saturated carbocycles. The lowest BCUT2D eigenvalue weighted by molar-refractivity contribution is 0.522. The Labute approximate surface area is 117 Å². The van der Waals surface area contributed by atoms with Crippen molar-refractivity contribution in [3.05, 3.63) is 58.9 Å². The molecular formula is C14H17ClN4. The van der Waals surface area contributed by atoms with E-state index >= 15 is 0 Å². The van der Waals surface area contributed by atoms with Crippen LogP contribution in [0, 0.1) is 0 Å². The van der Waals surface area contributed by atoms with E-state index < -0.39 is 0 Å². The molecule has 0 aliphatic rings. The molecule has 2 rings (SSSR count). The Morgan fingerprint density at radius 2 is 2.11 bits per heavy atom. The minimum Gasteiger partial charge on any atom is -0.398 e. The van der Waals surface area contributed by atoms with E-state index in [1.807, 2.05) is 24.3 Å². The standard InChI is InChI=1S/C14H17ClN4/c15-12-3-1-2-10(6-12)7-13(19-17)8-11-9-18-5-4-14(11)16/h1-6,9,13,19H,7-8,17H2,(H2,16,18). The van der Waals surface area contributed by atoms with Gasteiger partial charge in [0.2, 0.25) is 0 Å². The van der Waals surface area contributed by atoms with Crippen molar-refractivity contribution in [2.45, 2.75) is 18.9 Å². The van der Waals surface area contributed by atoms with E-state index in [1.54, 1.807) is 18.5 Å². The average Bonchev–Trinajstić information content (AvgIpc) is 2.40. The molecule has 19 heavy (non-hydrogen) atoms. The molecule has 0 spiro atoms. The number of nitrogens with two attached hydrogens (primary N) is 2. The fourth-order valence-corrected chi connectivity index (χ4v) is 2.23. The quantitative estimate of drug-likeness (QED) is 0.576. The van der Waals surface area contributed by atoms with Crippen molar-refractivity contribution in [1.82, 2.24) is 10.4 Å². The van der Waals surface area contributed by atoms with Crippen molar-refractivity contribution in [2.24, 2.45) is 5.84 Å². The summed E-state index contributed by atoms with van der Waals surface area (Å²) in [5, 5.41) is 0.731. The minimum absolute atomic E-state index is 0.0879. The van der Waals surface area contributed by atoms with E-state index in [2.05, 4.69) is 10.4 Å². The third kappa shape index (κ3) is 3.92. The second kappa shape index (κ2) is 6.52. The van der Waals surface area contributed by atoms with Gasteiger partial charge in [-0.05, 0) is 42.2 Å². The van der Waals surface area contributed by atoms with E-state index in [1.165, 1.54) is 0 Å². The van der Waals surface area contributed by atoms with Gasteiger partial charge < -0.3 is 5.73 Å².